The quantitative estimate of drug-likeness (QED) is 0.395. The Morgan fingerprint density at radius 2 is 2.04 bits per heavy atom. The van der Waals surface area contributed by atoms with Gasteiger partial charge in [-0.25, -0.2) is 4.98 Å². The maximum atomic E-state index is 12.2. The Bertz CT molecular complexity index is 1220. The van der Waals surface area contributed by atoms with Crippen LogP contribution < -0.4 is 10.9 Å². The fourth-order valence-electron chi connectivity index (χ4n) is 2.47. The molecule has 4 aromatic rings. The largest absolute Gasteiger partial charge is 0.330 e. The van der Waals surface area contributed by atoms with Crippen LogP contribution in [0, 0.1) is 6.92 Å². The summed E-state index contributed by atoms with van der Waals surface area (Å²) in [6.07, 6.45) is 0. The zero-order chi connectivity index (χ0) is 19.7. The molecule has 142 valence electrons. The van der Waals surface area contributed by atoms with Crippen LogP contribution in [0.5, 0.6) is 0 Å². The van der Waals surface area contributed by atoms with Crippen LogP contribution in [-0.2, 0) is 5.75 Å². The van der Waals surface area contributed by atoms with Gasteiger partial charge in [0, 0.05) is 15.7 Å². The smallest absolute Gasteiger partial charge is 0.258 e. The summed E-state index contributed by atoms with van der Waals surface area (Å²) in [4.78, 5) is 19.5. The van der Waals surface area contributed by atoms with E-state index in [-0.39, 0.29) is 5.56 Å². The second kappa shape index (κ2) is 8.08. The number of aromatic amines is 1. The van der Waals surface area contributed by atoms with Crippen LogP contribution >= 0.6 is 46.3 Å². The van der Waals surface area contributed by atoms with Crippen molar-refractivity contribution in [1.82, 2.24) is 20.2 Å². The first kappa shape index (κ1) is 19.2. The van der Waals surface area contributed by atoms with E-state index in [1.807, 2.05) is 25.1 Å². The summed E-state index contributed by atoms with van der Waals surface area (Å²) in [5.41, 5.74) is 2.25. The van der Waals surface area contributed by atoms with Crippen molar-refractivity contribution in [3.05, 3.63) is 68.2 Å². The topological polar surface area (TPSA) is 83.6 Å². The molecule has 0 spiro atoms. The molecule has 2 N–H and O–H groups in total. The summed E-state index contributed by atoms with van der Waals surface area (Å²) < 4.78 is 0.759. The molecule has 6 nitrogen and oxygen atoms in total. The number of nitrogens with one attached hydrogen (secondary N) is 2. The van der Waals surface area contributed by atoms with Gasteiger partial charge in [0.1, 0.15) is 5.82 Å². The summed E-state index contributed by atoms with van der Waals surface area (Å²) in [5, 5.41) is 13.9. The van der Waals surface area contributed by atoms with Crippen LogP contribution in [0.4, 0.5) is 10.8 Å². The summed E-state index contributed by atoms with van der Waals surface area (Å²) in [5.74, 6) is 1.02. The van der Waals surface area contributed by atoms with Gasteiger partial charge in [-0.2, -0.15) is 0 Å². The van der Waals surface area contributed by atoms with Crippen molar-refractivity contribution >= 4 is 68.0 Å². The number of anilines is 2. The number of aryl methyl sites for hydroxylation is 1. The molecule has 0 unspecified atom stereocenters. The van der Waals surface area contributed by atoms with Gasteiger partial charge in [0.15, 0.2) is 4.34 Å². The Morgan fingerprint density at radius 3 is 2.86 bits per heavy atom. The number of thioether (sulfide) groups is 1. The molecule has 0 aliphatic carbocycles. The molecule has 0 radical (unpaired) electrons. The third kappa shape index (κ3) is 4.30. The van der Waals surface area contributed by atoms with Gasteiger partial charge in [-0.1, -0.05) is 52.4 Å². The first-order chi connectivity index (χ1) is 13.5. The van der Waals surface area contributed by atoms with Crippen LogP contribution in [-0.4, -0.2) is 20.2 Å². The Hall–Kier alpha value is -2.13. The van der Waals surface area contributed by atoms with Crippen molar-refractivity contribution in [3.63, 3.8) is 0 Å². The zero-order valence-corrected chi connectivity index (χ0v) is 17.6. The molecule has 0 aliphatic heterocycles. The Labute approximate surface area is 178 Å². The van der Waals surface area contributed by atoms with E-state index in [0.29, 0.717) is 37.7 Å². The molecular weight excluding hydrogens is 437 g/mol. The Kier molecular flexibility index (Phi) is 5.54. The molecule has 28 heavy (non-hydrogen) atoms. The third-order valence-corrected chi connectivity index (χ3v) is 6.51. The van der Waals surface area contributed by atoms with E-state index in [2.05, 4.69) is 25.5 Å². The minimum atomic E-state index is -0.187. The van der Waals surface area contributed by atoms with Crippen LogP contribution in [0.2, 0.25) is 10.0 Å². The Morgan fingerprint density at radius 1 is 1.18 bits per heavy atom. The number of rotatable bonds is 5. The number of H-pyrrole nitrogens is 1. The lowest BCUT2D eigenvalue weighted by Crippen LogP contribution is -2.11. The van der Waals surface area contributed by atoms with Crippen molar-refractivity contribution < 1.29 is 0 Å². The van der Waals surface area contributed by atoms with Crippen LogP contribution in [0.25, 0.3) is 10.9 Å². The molecule has 0 saturated heterocycles. The van der Waals surface area contributed by atoms with Gasteiger partial charge in [0.2, 0.25) is 5.13 Å². The zero-order valence-electron chi connectivity index (χ0n) is 14.5. The van der Waals surface area contributed by atoms with Gasteiger partial charge in [-0.3, -0.25) is 4.79 Å². The summed E-state index contributed by atoms with van der Waals surface area (Å²) in [6.45, 7) is 1.95. The number of aromatic nitrogens is 4. The maximum absolute atomic E-state index is 12.2. The normalized spacial score (nSPS) is 11.1. The van der Waals surface area contributed by atoms with Crippen molar-refractivity contribution in [3.8, 4) is 0 Å². The van der Waals surface area contributed by atoms with E-state index in [0.717, 1.165) is 15.6 Å². The summed E-state index contributed by atoms with van der Waals surface area (Å²) in [6, 6.07) is 10.7. The molecule has 2 aromatic carbocycles. The van der Waals surface area contributed by atoms with Gasteiger partial charge in [-0.15, -0.1) is 10.2 Å². The first-order valence-corrected chi connectivity index (χ1v) is 10.7. The van der Waals surface area contributed by atoms with Gasteiger partial charge >= 0.3 is 0 Å². The van der Waals surface area contributed by atoms with Gasteiger partial charge < -0.3 is 10.3 Å². The van der Waals surface area contributed by atoms with E-state index in [9.17, 15) is 4.79 Å². The van der Waals surface area contributed by atoms with Gasteiger partial charge in [-0.05, 0) is 42.8 Å². The number of hydrogen-bond acceptors (Lipinski definition) is 7. The van der Waals surface area contributed by atoms with Crippen molar-refractivity contribution in [2.24, 2.45) is 0 Å². The second-order valence-corrected chi connectivity index (χ2v) is 8.97. The highest BCUT2D eigenvalue weighted by Gasteiger charge is 2.09. The van der Waals surface area contributed by atoms with E-state index in [1.165, 1.54) is 23.1 Å². The summed E-state index contributed by atoms with van der Waals surface area (Å²) >= 11 is 15.0. The molecule has 0 bridgehead atoms. The van der Waals surface area contributed by atoms with E-state index in [4.69, 9.17) is 23.2 Å². The number of halogens is 2. The lowest BCUT2D eigenvalue weighted by molar-refractivity contribution is 1.00. The fourth-order valence-corrected chi connectivity index (χ4v) is 4.46. The van der Waals surface area contributed by atoms with Crippen molar-refractivity contribution in [1.29, 1.82) is 0 Å². The van der Waals surface area contributed by atoms with E-state index >= 15 is 0 Å². The van der Waals surface area contributed by atoms with Crippen molar-refractivity contribution in [2.75, 3.05) is 5.32 Å². The third-order valence-electron chi connectivity index (χ3n) is 3.88. The lowest BCUT2D eigenvalue weighted by Gasteiger charge is -2.04. The molecule has 0 aliphatic rings. The van der Waals surface area contributed by atoms with Gasteiger partial charge in [0.25, 0.3) is 5.56 Å². The van der Waals surface area contributed by atoms with Crippen molar-refractivity contribution in [2.45, 2.75) is 17.0 Å². The molecule has 2 aromatic heterocycles. The molecule has 0 saturated carbocycles. The molecule has 4 rings (SSSR count). The maximum Gasteiger partial charge on any atom is 0.258 e. The number of fused-ring (bicyclic) bond motifs is 1. The lowest BCUT2D eigenvalue weighted by atomic mass is 10.2. The molecule has 0 amide bonds. The average Bonchev–Trinajstić information content (AvgIpc) is 3.10. The fraction of sp³-hybridized carbons (Fsp3) is 0.111. The molecule has 2 heterocycles. The minimum absolute atomic E-state index is 0.187. The van der Waals surface area contributed by atoms with Crippen LogP contribution in [0.15, 0.2) is 45.5 Å². The van der Waals surface area contributed by atoms with Gasteiger partial charge in [0.05, 0.1) is 16.7 Å². The Balaban J connectivity index is 1.46. The SMILES string of the molecule is Cc1ccc(Nc2nnc(SCc3nc4cc(Cl)ccc4c(=O)[nH]3)s2)cc1Cl. The first-order valence-electron chi connectivity index (χ1n) is 8.16. The number of hydrogen-bond donors (Lipinski definition) is 2. The standard InChI is InChI=1S/C18H13Cl2N5OS2/c1-9-2-4-11(7-13(9)20)21-17-24-25-18(28-17)27-8-15-22-14-6-10(19)3-5-12(14)16(26)23-15/h2-7H,8H2,1H3,(H,21,24)(H,22,23,26). The van der Waals surface area contributed by atoms with E-state index < -0.39 is 0 Å². The van der Waals surface area contributed by atoms with E-state index in [1.54, 1.807) is 18.2 Å². The minimum Gasteiger partial charge on any atom is -0.330 e. The average molecular weight is 450 g/mol. The highest BCUT2D eigenvalue weighted by atomic mass is 35.5. The second-order valence-electron chi connectivity index (χ2n) is 5.92. The predicted molar refractivity (Wildman–Crippen MR) is 116 cm³/mol. The highest BCUT2D eigenvalue weighted by molar-refractivity contribution is 8.00. The molecule has 0 fully saturated rings. The van der Waals surface area contributed by atoms with Crippen LogP contribution in [0.1, 0.15) is 11.4 Å². The monoisotopic (exact) mass is 449 g/mol. The highest BCUT2D eigenvalue weighted by Crippen LogP contribution is 2.30. The molecule has 10 heteroatoms. The van der Waals surface area contributed by atoms with Crippen LogP contribution in [0.3, 0.4) is 0 Å². The molecule has 0 atom stereocenters. The molecular formula is C18H13Cl2N5OS2. The summed E-state index contributed by atoms with van der Waals surface area (Å²) in [7, 11) is 0. The predicted octanol–water partition coefficient (Wildman–Crippen LogP) is 5.43. The number of benzene rings is 2. The number of nitrogens with zero attached hydrogens (tertiary/aromatic N) is 3.